The topological polar surface area (TPSA) is 109 Å². The first kappa shape index (κ1) is 24.3. The molecule has 35 heavy (non-hydrogen) atoms. The number of allylic oxidation sites excluding steroid dienone is 1. The number of alkyl halides is 3. The highest BCUT2D eigenvalue weighted by Crippen LogP contribution is 2.25. The number of nitrogens with two attached hydrogens (primary N) is 1. The Labute approximate surface area is 200 Å². The summed E-state index contributed by atoms with van der Waals surface area (Å²) in [7, 11) is 0. The van der Waals surface area contributed by atoms with E-state index in [0.717, 1.165) is 48.3 Å². The lowest BCUT2D eigenvalue weighted by Crippen LogP contribution is -2.36. The van der Waals surface area contributed by atoms with E-state index in [4.69, 9.17) is 5.73 Å². The molecule has 1 fully saturated rings. The monoisotopic (exact) mass is 485 g/mol. The van der Waals surface area contributed by atoms with Crippen LogP contribution in [0.2, 0.25) is 0 Å². The number of pyridine rings is 1. The fraction of sp³-hybridized carbons (Fsp3) is 0.292. The van der Waals surface area contributed by atoms with Crippen molar-refractivity contribution in [2.45, 2.75) is 25.1 Å². The van der Waals surface area contributed by atoms with E-state index >= 15 is 0 Å². The number of benzene rings is 1. The molecule has 2 aromatic heterocycles. The van der Waals surface area contributed by atoms with Crippen LogP contribution in [0.15, 0.2) is 60.0 Å². The molecule has 184 valence electrons. The number of aliphatic imine (C=N–C) groups is 1. The van der Waals surface area contributed by atoms with Gasteiger partial charge in [-0.25, -0.2) is 9.78 Å². The second kappa shape index (κ2) is 10.6. The van der Waals surface area contributed by atoms with Crippen LogP contribution < -0.4 is 21.7 Å². The number of rotatable bonds is 6. The van der Waals surface area contributed by atoms with Crippen molar-refractivity contribution in [3.05, 3.63) is 60.6 Å². The number of piperidine rings is 1. The molecular formula is C24H26F3N7O. The Kier molecular flexibility index (Phi) is 7.35. The minimum atomic E-state index is -4.48. The number of halogens is 3. The summed E-state index contributed by atoms with van der Waals surface area (Å²) >= 11 is 0. The second-order valence-electron chi connectivity index (χ2n) is 8.17. The molecule has 5 N–H and O–H groups in total. The van der Waals surface area contributed by atoms with Gasteiger partial charge < -0.3 is 21.7 Å². The van der Waals surface area contributed by atoms with E-state index in [1.807, 2.05) is 35.0 Å². The molecular weight excluding hydrogens is 459 g/mol. The third kappa shape index (κ3) is 6.38. The Balaban J connectivity index is 1.51. The van der Waals surface area contributed by atoms with E-state index in [9.17, 15) is 18.0 Å². The molecule has 8 nitrogen and oxygen atoms in total. The minimum absolute atomic E-state index is 0.282. The minimum Gasteiger partial charge on any atom is -0.404 e. The number of nitrogens with one attached hydrogen (secondary N) is 3. The van der Waals surface area contributed by atoms with Crippen LogP contribution in [0.25, 0.3) is 22.5 Å². The molecule has 0 aliphatic carbocycles. The van der Waals surface area contributed by atoms with Crippen molar-refractivity contribution >= 4 is 29.2 Å². The van der Waals surface area contributed by atoms with Crippen LogP contribution in [0.1, 0.15) is 18.4 Å². The molecule has 3 aromatic rings. The van der Waals surface area contributed by atoms with Crippen molar-refractivity contribution in [3.63, 3.8) is 0 Å². The van der Waals surface area contributed by atoms with Gasteiger partial charge in [-0.3, -0.25) is 9.39 Å². The van der Waals surface area contributed by atoms with E-state index in [2.05, 4.69) is 20.6 Å². The van der Waals surface area contributed by atoms with E-state index < -0.39 is 18.8 Å². The van der Waals surface area contributed by atoms with Crippen LogP contribution in [-0.2, 0) is 0 Å². The van der Waals surface area contributed by atoms with Gasteiger partial charge in [0.05, 0.1) is 17.9 Å². The fourth-order valence-corrected chi connectivity index (χ4v) is 3.84. The molecule has 0 spiro atoms. The number of hydrogen-bond acceptors (Lipinski definition) is 5. The highest BCUT2D eigenvalue weighted by Gasteiger charge is 2.27. The van der Waals surface area contributed by atoms with Gasteiger partial charge in [-0.05, 0) is 55.8 Å². The number of imidazole rings is 1. The summed E-state index contributed by atoms with van der Waals surface area (Å²) in [6.45, 7) is 0.513. The molecule has 0 bridgehead atoms. The highest BCUT2D eigenvalue weighted by molar-refractivity contribution is 6.10. The zero-order chi connectivity index (χ0) is 24.8. The largest absolute Gasteiger partial charge is 0.405 e. The third-order valence-electron chi connectivity index (χ3n) is 5.62. The van der Waals surface area contributed by atoms with Gasteiger partial charge in [0, 0.05) is 35.4 Å². The molecule has 1 aromatic carbocycles. The Morgan fingerprint density at radius 1 is 1.26 bits per heavy atom. The zero-order valence-corrected chi connectivity index (χ0v) is 18.8. The Hall–Kier alpha value is -3.86. The summed E-state index contributed by atoms with van der Waals surface area (Å²) in [5.74, 6) is 0. The maximum atomic E-state index is 12.3. The Morgan fingerprint density at radius 3 is 2.80 bits per heavy atom. The number of amides is 2. The Morgan fingerprint density at radius 2 is 2.06 bits per heavy atom. The maximum absolute atomic E-state index is 12.3. The normalized spacial score (nSPS) is 15.6. The first-order chi connectivity index (χ1) is 16.8. The Bertz CT molecular complexity index is 1240. The van der Waals surface area contributed by atoms with Crippen molar-refractivity contribution < 1.29 is 18.0 Å². The summed E-state index contributed by atoms with van der Waals surface area (Å²) in [6.07, 6.45) is 4.41. The van der Waals surface area contributed by atoms with Crippen LogP contribution in [0.5, 0.6) is 0 Å². The van der Waals surface area contributed by atoms with Gasteiger partial charge in [-0.15, -0.1) is 0 Å². The van der Waals surface area contributed by atoms with Crippen molar-refractivity contribution in [1.82, 2.24) is 20.0 Å². The molecule has 0 atom stereocenters. The molecule has 4 rings (SSSR count). The third-order valence-corrected chi connectivity index (χ3v) is 5.62. The average molecular weight is 486 g/mol. The second-order valence-corrected chi connectivity index (χ2v) is 8.17. The number of aromatic nitrogens is 2. The molecule has 1 aliphatic heterocycles. The molecule has 2 amide bonds. The molecule has 1 saturated heterocycles. The smallest absolute Gasteiger partial charge is 0.404 e. The maximum Gasteiger partial charge on any atom is 0.405 e. The van der Waals surface area contributed by atoms with Gasteiger partial charge >= 0.3 is 12.2 Å². The van der Waals surface area contributed by atoms with E-state index in [-0.39, 0.29) is 6.04 Å². The van der Waals surface area contributed by atoms with E-state index in [1.54, 1.807) is 29.7 Å². The molecule has 0 saturated carbocycles. The zero-order valence-electron chi connectivity index (χ0n) is 18.8. The molecule has 3 heterocycles. The SMILES string of the molecule is NC=C(C=NC1CCNCC1)c1ccn2c(-c3cccc(NC(=O)NCC(F)(F)F)c3)cnc2c1. The summed E-state index contributed by atoms with van der Waals surface area (Å²) in [4.78, 5) is 21.0. The quantitative estimate of drug-likeness (QED) is 0.398. The lowest BCUT2D eigenvalue weighted by molar-refractivity contribution is -0.122. The first-order valence-corrected chi connectivity index (χ1v) is 11.2. The lowest BCUT2D eigenvalue weighted by Gasteiger charge is -2.18. The molecule has 1 aliphatic rings. The van der Waals surface area contributed by atoms with Gasteiger partial charge in [0.25, 0.3) is 0 Å². The predicted molar refractivity (Wildman–Crippen MR) is 130 cm³/mol. The standard InChI is InChI=1S/C24H26F3N7O/c25-24(26,27)15-32-23(35)33-20-3-1-2-17(10-20)21-14-31-22-11-16(6-9-34(21)22)18(12-28)13-30-19-4-7-29-8-5-19/h1-3,6,9-14,19,29H,4-5,7-8,15,28H2,(H2,32,33,35). The number of carbonyl (C=O) groups is 1. The highest BCUT2D eigenvalue weighted by atomic mass is 19.4. The number of fused-ring (bicyclic) bond motifs is 1. The fourth-order valence-electron chi connectivity index (χ4n) is 3.84. The van der Waals surface area contributed by atoms with Crippen LogP contribution in [-0.4, -0.2) is 53.5 Å². The van der Waals surface area contributed by atoms with Crippen LogP contribution in [0, 0.1) is 0 Å². The van der Waals surface area contributed by atoms with Crippen molar-refractivity contribution in [2.24, 2.45) is 10.7 Å². The number of carbonyl (C=O) groups excluding carboxylic acids is 1. The van der Waals surface area contributed by atoms with Crippen LogP contribution >= 0.6 is 0 Å². The summed E-state index contributed by atoms with van der Waals surface area (Å²) < 4.78 is 38.8. The molecule has 0 radical (unpaired) electrons. The molecule has 11 heteroatoms. The number of hydrogen-bond donors (Lipinski definition) is 4. The first-order valence-electron chi connectivity index (χ1n) is 11.2. The molecule has 0 unspecified atom stereocenters. The van der Waals surface area contributed by atoms with Crippen LogP contribution in [0.4, 0.5) is 23.7 Å². The number of anilines is 1. The van der Waals surface area contributed by atoms with Crippen LogP contribution in [0.3, 0.4) is 0 Å². The van der Waals surface area contributed by atoms with Gasteiger partial charge in [0.2, 0.25) is 0 Å². The van der Waals surface area contributed by atoms with Gasteiger partial charge in [0.15, 0.2) is 0 Å². The van der Waals surface area contributed by atoms with E-state index in [1.165, 1.54) is 6.20 Å². The summed E-state index contributed by atoms with van der Waals surface area (Å²) in [5.41, 5.74) is 10.1. The van der Waals surface area contributed by atoms with Crippen molar-refractivity contribution in [2.75, 3.05) is 25.0 Å². The van der Waals surface area contributed by atoms with Gasteiger partial charge in [-0.1, -0.05) is 12.1 Å². The average Bonchev–Trinajstić information content (AvgIpc) is 3.27. The summed E-state index contributed by atoms with van der Waals surface area (Å²) in [5, 5.41) is 7.52. The summed E-state index contributed by atoms with van der Waals surface area (Å²) in [6, 6.07) is 9.96. The predicted octanol–water partition coefficient (Wildman–Crippen LogP) is 3.81. The van der Waals surface area contributed by atoms with Crippen molar-refractivity contribution in [3.8, 4) is 11.3 Å². The van der Waals surface area contributed by atoms with Gasteiger partial charge in [0.1, 0.15) is 12.2 Å². The number of urea groups is 1. The lowest BCUT2D eigenvalue weighted by atomic mass is 10.1. The van der Waals surface area contributed by atoms with Crippen molar-refractivity contribution in [1.29, 1.82) is 0 Å². The van der Waals surface area contributed by atoms with Gasteiger partial charge in [-0.2, -0.15) is 13.2 Å². The number of nitrogens with zero attached hydrogens (tertiary/aromatic N) is 3. The van der Waals surface area contributed by atoms with E-state index in [0.29, 0.717) is 11.3 Å².